The lowest BCUT2D eigenvalue weighted by Gasteiger charge is -2.46. The topological polar surface area (TPSA) is 40.6 Å². The van der Waals surface area contributed by atoms with Gasteiger partial charge >= 0.3 is 0 Å². The van der Waals surface area contributed by atoms with Gasteiger partial charge in [0.2, 0.25) is 0 Å². The van der Waals surface area contributed by atoms with Crippen LogP contribution in [0.1, 0.15) is 53.6 Å². The number of nitrogens with zero attached hydrogens (tertiary/aromatic N) is 1. The third kappa shape index (κ3) is 7.28. The van der Waals surface area contributed by atoms with Gasteiger partial charge in [0.05, 0.1) is 35.3 Å². The van der Waals surface area contributed by atoms with Crippen molar-refractivity contribution in [2.75, 3.05) is 0 Å². The van der Waals surface area contributed by atoms with Crippen LogP contribution in [0.15, 0.2) is 102 Å². The lowest BCUT2D eigenvalue weighted by molar-refractivity contribution is -0.234. The average molecular weight is 630 g/mol. The zero-order valence-electron chi connectivity index (χ0n) is 24.4. The number of rotatable bonds is 11. The van der Waals surface area contributed by atoms with Crippen LogP contribution >= 0.6 is 34.3 Å². The maximum absolute atomic E-state index is 6.86. The molecule has 3 aromatic carbocycles. The highest BCUT2D eigenvalue weighted by molar-refractivity contribution is 7.15. The van der Waals surface area contributed by atoms with Gasteiger partial charge in [-0.15, -0.1) is 11.3 Å². The van der Waals surface area contributed by atoms with Crippen LogP contribution in [0.4, 0.5) is 0 Å². The van der Waals surface area contributed by atoms with Gasteiger partial charge in [-0.25, -0.2) is 4.98 Å². The standard InChI is InChI=1S/C36H36ClNO3S2/c1-3-31-24(2)34(39-21-25-10-6-4-7-11-25)36(40-22-26-12-8-5-9-13-26)35(41-31)27-14-15-30(37)29(18-27)19-33-38-20-32(43-33)28-16-17-42-23-28/h4-18,20,23-24,31,34-36H,3,19,21-22H2,1-2H3/t24-,31-,34+,35+,36-/m1/s1. The third-order valence-electron chi connectivity index (χ3n) is 8.12. The number of hydrogen-bond donors (Lipinski definition) is 0. The van der Waals surface area contributed by atoms with Gasteiger partial charge in [-0.2, -0.15) is 11.3 Å². The Bertz CT molecular complexity index is 1570. The second-order valence-electron chi connectivity index (χ2n) is 11.0. The number of ether oxygens (including phenoxy) is 3. The summed E-state index contributed by atoms with van der Waals surface area (Å²) in [5.41, 5.74) is 5.56. The first kappa shape index (κ1) is 30.2. The largest absolute Gasteiger partial charge is 0.370 e. The van der Waals surface area contributed by atoms with Crippen LogP contribution in [-0.4, -0.2) is 23.3 Å². The zero-order chi connectivity index (χ0) is 29.6. The van der Waals surface area contributed by atoms with Crippen LogP contribution in [0.25, 0.3) is 10.4 Å². The molecule has 4 nitrogen and oxygen atoms in total. The Balaban J connectivity index is 1.30. The predicted molar refractivity (Wildman–Crippen MR) is 177 cm³/mol. The highest BCUT2D eigenvalue weighted by atomic mass is 35.5. The molecule has 6 rings (SSSR count). The molecule has 3 heterocycles. The number of halogens is 1. The quantitative estimate of drug-likeness (QED) is 0.146. The Labute approximate surface area is 267 Å². The van der Waals surface area contributed by atoms with Gasteiger partial charge in [0.1, 0.15) is 12.2 Å². The van der Waals surface area contributed by atoms with Gasteiger partial charge < -0.3 is 14.2 Å². The first-order valence-corrected chi connectivity index (χ1v) is 16.9. The Hall–Kier alpha value is -2.84. The van der Waals surface area contributed by atoms with E-state index in [0.29, 0.717) is 19.6 Å². The summed E-state index contributed by atoms with van der Waals surface area (Å²) in [6.07, 6.45) is 2.77. The number of benzene rings is 3. The van der Waals surface area contributed by atoms with E-state index < -0.39 is 0 Å². The molecule has 1 saturated heterocycles. The molecule has 1 aliphatic heterocycles. The molecule has 0 bridgehead atoms. The highest BCUT2D eigenvalue weighted by Gasteiger charge is 2.45. The van der Waals surface area contributed by atoms with E-state index in [4.69, 9.17) is 30.8 Å². The minimum atomic E-state index is -0.306. The second kappa shape index (κ2) is 14.3. The Kier molecular flexibility index (Phi) is 10.0. The molecule has 2 aromatic heterocycles. The van der Waals surface area contributed by atoms with E-state index in [-0.39, 0.29) is 30.3 Å². The fourth-order valence-electron chi connectivity index (χ4n) is 5.77. The molecule has 0 spiro atoms. The van der Waals surface area contributed by atoms with Crippen LogP contribution in [0.2, 0.25) is 5.02 Å². The molecular weight excluding hydrogens is 594 g/mol. The van der Waals surface area contributed by atoms with E-state index in [1.807, 2.05) is 48.7 Å². The van der Waals surface area contributed by atoms with Gasteiger partial charge in [-0.1, -0.05) is 98.2 Å². The predicted octanol–water partition coefficient (Wildman–Crippen LogP) is 9.77. The van der Waals surface area contributed by atoms with Crippen molar-refractivity contribution in [3.63, 3.8) is 0 Å². The van der Waals surface area contributed by atoms with E-state index in [1.54, 1.807) is 22.7 Å². The van der Waals surface area contributed by atoms with Crippen LogP contribution in [0.5, 0.6) is 0 Å². The Morgan fingerprint density at radius 1 is 0.884 bits per heavy atom. The van der Waals surface area contributed by atoms with E-state index in [2.05, 4.69) is 67.1 Å². The Morgan fingerprint density at radius 3 is 2.23 bits per heavy atom. The van der Waals surface area contributed by atoms with Crippen LogP contribution in [0.3, 0.4) is 0 Å². The molecule has 222 valence electrons. The summed E-state index contributed by atoms with van der Waals surface area (Å²) < 4.78 is 20.3. The van der Waals surface area contributed by atoms with Gasteiger partial charge in [-0.3, -0.25) is 0 Å². The number of thiazole rings is 1. The van der Waals surface area contributed by atoms with E-state index in [0.717, 1.165) is 38.7 Å². The van der Waals surface area contributed by atoms with Crippen molar-refractivity contribution in [2.45, 2.75) is 64.3 Å². The van der Waals surface area contributed by atoms with E-state index in [9.17, 15) is 0 Å². The molecule has 0 aliphatic carbocycles. The smallest absolute Gasteiger partial charge is 0.115 e. The van der Waals surface area contributed by atoms with Gasteiger partial charge in [-0.05, 0) is 51.6 Å². The maximum Gasteiger partial charge on any atom is 0.115 e. The molecule has 0 radical (unpaired) electrons. The summed E-state index contributed by atoms with van der Waals surface area (Å²) in [4.78, 5) is 5.89. The normalized spacial score (nSPS) is 22.1. The molecule has 1 fully saturated rings. The molecule has 1 aliphatic rings. The summed E-state index contributed by atoms with van der Waals surface area (Å²) in [5.74, 6) is 0.156. The van der Waals surface area contributed by atoms with E-state index in [1.165, 1.54) is 10.4 Å². The summed E-state index contributed by atoms with van der Waals surface area (Å²) >= 11 is 10.2. The minimum Gasteiger partial charge on any atom is -0.370 e. The van der Waals surface area contributed by atoms with Crippen molar-refractivity contribution in [2.24, 2.45) is 5.92 Å². The van der Waals surface area contributed by atoms with E-state index >= 15 is 0 Å². The summed E-state index contributed by atoms with van der Waals surface area (Å²) in [6.45, 7) is 5.40. The monoisotopic (exact) mass is 629 g/mol. The van der Waals surface area contributed by atoms with Gasteiger partial charge in [0.25, 0.3) is 0 Å². The van der Waals surface area contributed by atoms with Crippen molar-refractivity contribution < 1.29 is 14.2 Å². The first-order valence-electron chi connectivity index (χ1n) is 14.8. The molecule has 7 heteroatoms. The minimum absolute atomic E-state index is 0.0357. The molecule has 0 N–H and O–H groups in total. The number of thiophene rings is 1. The SMILES string of the molecule is CC[C@H]1O[C@@H](c2ccc(Cl)c(Cc3ncc(-c4ccsc4)s3)c2)[C@H](OCc2ccccc2)[C@@H](OCc2ccccc2)[C@@H]1C. The fraction of sp³-hybridized carbons (Fsp3) is 0.306. The molecular formula is C36H36ClNO3S2. The molecule has 5 aromatic rings. The third-order valence-corrected chi connectivity index (χ3v) is 10.2. The summed E-state index contributed by atoms with van der Waals surface area (Å²) in [6, 6.07) is 29.0. The molecule has 5 atom stereocenters. The average Bonchev–Trinajstić information content (AvgIpc) is 3.75. The molecule has 0 unspecified atom stereocenters. The number of aromatic nitrogens is 1. The highest BCUT2D eigenvalue weighted by Crippen LogP contribution is 2.41. The van der Waals surface area contributed by atoms with Crippen LogP contribution in [0, 0.1) is 5.92 Å². The Morgan fingerprint density at radius 2 is 1.58 bits per heavy atom. The zero-order valence-corrected chi connectivity index (χ0v) is 26.8. The van der Waals surface area contributed by atoms with Crippen molar-refractivity contribution in [1.29, 1.82) is 0 Å². The van der Waals surface area contributed by atoms with Crippen LogP contribution < -0.4 is 0 Å². The van der Waals surface area contributed by atoms with Gasteiger partial charge in [0.15, 0.2) is 0 Å². The number of hydrogen-bond acceptors (Lipinski definition) is 6. The molecule has 43 heavy (non-hydrogen) atoms. The first-order chi connectivity index (χ1) is 21.1. The lowest BCUT2D eigenvalue weighted by atomic mass is 9.84. The lowest BCUT2D eigenvalue weighted by Crippen LogP contribution is -2.51. The second-order valence-corrected chi connectivity index (χ2v) is 13.3. The van der Waals surface area contributed by atoms with Crippen molar-refractivity contribution in [1.82, 2.24) is 4.98 Å². The molecule has 0 amide bonds. The summed E-state index contributed by atoms with van der Waals surface area (Å²) in [5, 5.41) is 6.01. The van der Waals surface area contributed by atoms with Crippen molar-refractivity contribution in [3.05, 3.63) is 134 Å². The molecule has 0 saturated carbocycles. The van der Waals surface area contributed by atoms with Gasteiger partial charge in [0, 0.05) is 29.1 Å². The maximum atomic E-state index is 6.86. The van der Waals surface area contributed by atoms with Crippen molar-refractivity contribution >= 4 is 34.3 Å². The van der Waals surface area contributed by atoms with Crippen LogP contribution in [-0.2, 0) is 33.8 Å². The fourth-order valence-corrected chi connectivity index (χ4v) is 7.62. The van der Waals surface area contributed by atoms with Crippen molar-refractivity contribution in [3.8, 4) is 10.4 Å². The summed E-state index contributed by atoms with van der Waals surface area (Å²) in [7, 11) is 0.